The highest BCUT2D eigenvalue weighted by atomic mass is 127. The van der Waals surface area contributed by atoms with Crippen molar-refractivity contribution in [2.24, 2.45) is 4.99 Å². The molecule has 2 aromatic rings. The maximum Gasteiger partial charge on any atom is 0.191 e. The van der Waals surface area contributed by atoms with Gasteiger partial charge in [0.15, 0.2) is 5.96 Å². The number of guanidine groups is 1. The van der Waals surface area contributed by atoms with Crippen LogP contribution in [0.3, 0.4) is 0 Å². The zero-order chi connectivity index (χ0) is 16.8. The number of nitrogens with zero attached hydrogens (tertiary/aromatic N) is 3. The molecule has 0 amide bonds. The van der Waals surface area contributed by atoms with Crippen molar-refractivity contribution in [3.63, 3.8) is 0 Å². The summed E-state index contributed by atoms with van der Waals surface area (Å²) in [5.74, 6) is 0.626. The predicted molar refractivity (Wildman–Crippen MR) is 109 cm³/mol. The summed E-state index contributed by atoms with van der Waals surface area (Å²) in [7, 11) is 1.78. The number of hydrogen-bond acceptors (Lipinski definition) is 2. The van der Waals surface area contributed by atoms with E-state index in [1.54, 1.807) is 13.2 Å². The highest BCUT2D eigenvalue weighted by Gasteiger charge is 2.44. The molecule has 2 N–H and O–H groups in total. The number of aromatic nitrogens is 2. The minimum Gasteiger partial charge on any atom is -0.356 e. The van der Waals surface area contributed by atoms with E-state index in [1.165, 1.54) is 17.7 Å². The quantitative estimate of drug-likeness (QED) is 0.291. The number of hydrogen-bond donors (Lipinski definition) is 2. The first-order valence-electron chi connectivity index (χ1n) is 8.40. The van der Waals surface area contributed by atoms with Crippen LogP contribution >= 0.6 is 24.0 Å². The number of nitrogens with one attached hydrogen (secondary N) is 2. The first kappa shape index (κ1) is 19.7. The van der Waals surface area contributed by atoms with Crippen molar-refractivity contribution in [3.05, 3.63) is 54.1 Å². The highest BCUT2D eigenvalue weighted by Crippen LogP contribution is 2.47. The second-order valence-corrected chi connectivity index (χ2v) is 6.26. The molecule has 1 fully saturated rings. The van der Waals surface area contributed by atoms with Gasteiger partial charge in [-0.05, 0) is 43.0 Å². The van der Waals surface area contributed by atoms with Gasteiger partial charge in [-0.1, -0.05) is 12.1 Å². The number of aryl methyl sites for hydroxylation is 1. The first-order chi connectivity index (χ1) is 11.7. The number of halogens is 2. The van der Waals surface area contributed by atoms with Crippen LogP contribution in [0, 0.1) is 5.82 Å². The topological polar surface area (TPSA) is 54.2 Å². The van der Waals surface area contributed by atoms with Gasteiger partial charge in [0.1, 0.15) is 5.82 Å². The Kier molecular flexibility index (Phi) is 7.22. The monoisotopic (exact) mass is 457 g/mol. The molecule has 1 aliphatic rings. The summed E-state index contributed by atoms with van der Waals surface area (Å²) >= 11 is 0. The maximum atomic E-state index is 13.1. The molecule has 136 valence electrons. The zero-order valence-corrected chi connectivity index (χ0v) is 16.7. The lowest BCUT2D eigenvalue weighted by Crippen LogP contribution is -2.41. The second kappa shape index (κ2) is 9.17. The molecule has 0 spiro atoms. The summed E-state index contributed by atoms with van der Waals surface area (Å²) in [5, 5.41) is 10.9. The summed E-state index contributed by atoms with van der Waals surface area (Å²) < 4.78 is 15.0. The second-order valence-electron chi connectivity index (χ2n) is 6.26. The lowest BCUT2D eigenvalue weighted by molar-refractivity contribution is 0.567. The van der Waals surface area contributed by atoms with Crippen molar-refractivity contribution in [1.82, 2.24) is 20.4 Å². The Morgan fingerprint density at radius 3 is 2.64 bits per heavy atom. The highest BCUT2D eigenvalue weighted by molar-refractivity contribution is 14.0. The van der Waals surface area contributed by atoms with Gasteiger partial charge in [-0.2, -0.15) is 5.10 Å². The zero-order valence-electron chi connectivity index (χ0n) is 14.4. The van der Waals surface area contributed by atoms with Crippen LogP contribution in [-0.4, -0.2) is 35.9 Å². The molecule has 1 saturated carbocycles. The standard InChI is InChI=1S/C18H24FN5.HI/c1-20-17(21-10-2-12-24-13-3-11-23-24)22-14-18(8-9-18)15-4-6-16(19)7-5-15;/h3-7,11,13H,2,8-10,12,14H2,1H3,(H2,20,21,22);1H. The minimum absolute atomic E-state index is 0. The van der Waals surface area contributed by atoms with E-state index in [1.807, 2.05) is 29.1 Å². The van der Waals surface area contributed by atoms with Crippen molar-refractivity contribution in [2.75, 3.05) is 20.1 Å². The van der Waals surface area contributed by atoms with E-state index in [9.17, 15) is 4.39 Å². The fourth-order valence-electron chi connectivity index (χ4n) is 2.88. The molecule has 3 rings (SSSR count). The molecule has 7 heteroatoms. The number of rotatable bonds is 7. The van der Waals surface area contributed by atoms with E-state index in [0.29, 0.717) is 0 Å². The van der Waals surface area contributed by atoms with Crippen molar-refractivity contribution in [2.45, 2.75) is 31.2 Å². The Bertz CT molecular complexity index is 665. The molecule has 0 unspecified atom stereocenters. The molecule has 1 aromatic heterocycles. The van der Waals surface area contributed by atoms with Crippen LogP contribution in [0.2, 0.25) is 0 Å². The van der Waals surface area contributed by atoms with Crippen LogP contribution in [-0.2, 0) is 12.0 Å². The molecule has 0 aliphatic heterocycles. The molecule has 0 bridgehead atoms. The molecule has 1 aliphatic carbocycles. The Morgan fingerprint density at radius 2 is 2.04 bits per heavy atom. The molecule has 0 atom stereocenters. The molecule has 1 heterocycles. The van der Waals surface area contributed by atoms with Crippen LogP contribution in [0.25, 0.3) is 0 Å². The Balaban J connectivity index is 0.00000225. The molecule has 0 saturated heterocycles. The molecule has 0 radical (unpaired) electrons. The van der Waals surface area contributed by atoms with E-state index in [-0.39, 0.29) is 35.2 Å². The Morgan fingerprint density at radius 1 is 1.28 bits per heavy atom. The molecule has 25 heavy (non-hydrogen) atoms. The third-order valence-corrected chi connectivity index (χ3v) is 4.54. The molecular weight excluding hydrogens is 432 g/mol. The van der Waals surface area contributed by atoms with E-state index >= 15 is 0 Å². The van der Waals surface area contributed by atoms with Crippen LogP contribution in [0.4, 0.5) is 4.39 Å². The van der Waals surface area contributed by atoms with Crippen LogP contribution in [0.1, 0.15) is 24.8 Å². The van der Waals surface area contributed by atoms with Crippen molar-refractivity contribution in [3.8, 4) is 0 Å². The van der Waals surface area contributed by atoms with Crippen LogP contribution < -0.4 is 10.6 Å². The Hall–Kier alpha value is -1.64. The van der Waals surface area contributed by atoms with Gasteiger partial charge >= 0.3 is 0 Å². The van der Waals surface area contributed by atoms with Crippen molar-refractivity contribution < 1.29 is 4.39 Å². The smallest absolute Gasteiger partial charge is 0.191 e. The third kappa shape index (κ3) is 5.42. The lowest BCUT2D eigenvalue weighted by atomic mass is 9.96. The van der Waals surface area contributed by atoms with Gasteiger partial charge in [0, 0.05) is 44.5 Å². The normalized spacial score (nSPS) is 15.4. The van der Waals surface area contributed by atoms with Crippen LogP contribution in [0.5, 0.6) is 0 Å². The summed E-state index contributed by atoms with van der Waals surface area (Å²) in [4.78, 5) is 4.27. The largest absolute Gasteiger partial charge is 0.356 e. The maximum absolute atomic E-state index is 13.1. The SMILES string of the molecule is CN=C(NCCCn1cccn1)NCC1(c2ccc(F)cc2)CC1.I. The van der Waals surface area contributed by atoms with Gasteiger partial charge in [-0.15, -0.1) is 24.0 Å². The third-order valence-electron chi connectivity index (χ3n) is 4.54. The van der Waals surface area contributed by atoms with Gasteiger partial charge in [-0.25, -0.2) is 4.39 Å². The van der Waals surface area contributed by atoms with Gasteiger partial charge in [0.05, 0.1) is 0 Å². The van der Waals surface area contributed by atoms with Gasteiger partial charge < -0.3 is 10.6 Å². The average molecular weight is 457 g/mol. The Labute approximate surface area is 165 Å². The molecular formula is C18H25FIN5. The molecule has 1 aromatic carbocycles. The molecule has 5 nitrogen and oxygen atoms in total. The van der Waals surface area contributed by atoms with E-state index in [2.05, 4.69) is 20.7 Å². The summed E-state index contributed by atoms with van der Waals surface area (Å²) in [6.45, 7) is 2.54. The van der Waals surface area contributed by atoms with Gasteiger partial charge in [-0.3, -0.25) is 9.67 Å². The van der Waals surface area contributed by atoms with Gasteiger partial charge in [0.25, 0.3) is 0 Å². The van der Waals surface area contributed by atoms with Crippen LogP contribution in [0.15, 0.2) is 47.7 Å². The summed E-state index contributed by atoms with van der Waals surface area (Å²) in [6.07, 6.45) is 6.99. The average Bonchev–Trinajstić information content (AvgIpc) is 3.21. The van der Waals surface area contributed by atoms with Crippen molar-refractivity contribution in [1.29, 1.82) is 0 Å². The predicted octanol–water partition coefficient (Wildman–Crippen LogP) is 2.93. The lowest BCUT2D eigenvalue weighted by Gasteiger charge is -2.19. The fraction of sp³-hybridized carbons (Fsp3) is 0.444. The fourth-order valence-corrected chi connectivity index (χ4v) is 2.88. The number of aliphatic imine (C=N–C) groups is 1. The van der Waals surface area contributed by atoms with Crippen molar-refractivity contribution >= 4 is 29.9 Å². The van der Waals surface area contributed by atoms with E-state index < -0.39 is 0 Å². The van der Waals surface area contributed by atoms with E-state index in [0.717, 1.165) is 44.9 Å². The summed E-state index contributed by atoms with van der Waals surface area (Å²) in [6, 6.07) is 8.79. The van der Waals surface area contributed by atoms with E-state index in [4.69, 9.17) is 0 Å². The minimum atomic E-state index is -0.183. The number of benzene rings is 1. The van der Waals surface area contributed by atoms with Gasteiger partial charge in [0.2, 0.25) is 0 Å². The summed E-state index contributed by atoms with van der Waals surface area (Å²) in [5.41, 5.74) is 1.32. The first-order valence-corrected chi connectivity index (χ1v) is 8.40.